The quantitative estimate of drug-likeness (QED) is 0.217. The Balaban J connectivity index is 1.48. The van der Waals surface area contributed by atoms with Crippen LogP contribution in [0.2, 0.25) is 11.1 Å². The number of fused-ring (bicyclic) bond motifs is 2. The summed E-state index contributed by atoms with van der Waals surface area (Å²) in [5.41, 5.74) is 10.9. The van der Waals surface area contributed by atoms with Crippen LogP contribution in [0.5, 0.6) is 0 Å². The highest BCUT2D eigenvalue weighted by molar-refractivity contribution is 6.96. The molecule has 0 saturated carbocycles. The van der Waals surface area contributed by atoms with Gasteiger partial charge in [-0.05, 0) is 92.7 Å². The molecule has 0 aromatic heterocycles. The van der Waals surface area contributed by atoms with Gasteiger partial charge in [-0.2, -0.15) is 0 Å². The van der Waals surface area contributed by atoms with E-state index in [9.17, 15) is 8.78 Å². The van der Waals surface area contributed by atoms with Crippen LogP contribution in [-0.4, -0.2) is 8.07 Å². The van der Waals surface area contributed by atoms with Crippen LogP contribution in [0, 0.1) is 11.6 Å². The smallest absolute Gasteiger partial charge is 0.123 e. The SMILES string of the molecule is CC(C)[Si](C1=Cc2c(cccc2-c2ccc(F)cc2)C1)(C1=Cc2c(cccc2-c2ccc(F)cc2)C1)C(C)C. The van der Waals surface area contributed by atoms with Crippen LogP contribution in [0.3, 0.4) is 0 Å². The maximum atomic E-state index is 13.7. The normalized spacial score (nSPS) is 14.5. The topological polar surface area (TPSA) is 0 Å². The Labute approximate surface area is 231 Å². The lowest BCUT2D eigenvalue weighted by Crippen LogP contribution is -2.46. The van der Waals surface area contributed by atoms with Gasteiger partial charge in [0.2, 0.25) is 0 Å². The molecule has 0 aliphatic heterocycles. The predicted octanol–water partition coefficient (Wildman–Crippen LogP) is 10.2. The van der Waals surface area contributed by atoms with E-state index in [1.807, 2.05) is 24.3 Å². The molecule has 0 fully saturated rings. The van der Waals surface area contributed by atoms with E-state index in [1.165, 1.54) is 33.4 Å². The zero-order valence-corrected chi connectivity index (χ0v) is 24.1. The van der Waals surface area contributed by atoms with Crippen molar-refractivity contribution in [2.75, 3.05) is 0 Å². The van der Waals surface area contributed by atoms with Gasteiger partial charge in [0.1, 0.15) is 19.7 Å². The van der Waals surface area contributed by atoms with E-state index in [1.54, 1.807) is 34.7 Å². The van der Waals surface area contributed by atoms with Gasteiger partial charge in [0.15, 0.2) is 0 Å². The van der Waals surface area contributed by atoms with Crippen molar-refractivity contribution in [1.29, 1.82) is 0 Å². The Hall–Kier alpha value is -3.56. The second-order valence-corrected chi connectivity index (χ2v) is 17.0. The first-order chi connectivity index (χ1) is 18.8. The van der Waals surface area contributed by atoms with E-state index in [2.05, 4.69) is 76.2 Å². The number of halogens is 2. The van der Waals surface area contributed by atoms with Crippen LogP contribution >= 0.6 is 0 Å². The molecule has 39 heavy (non-hydrogen) atoms. The summed E-state index contributed by atoms with van der Waals surface area (Å²) in [6.45, 7) is 9.67. The van der Waals surface area contributed by atoms with Gasteiger partial charge in [-0.1, -0.05) is 111 Å². The van der Waals surface area contributed by atoms with Crippen molar-refractivity contribution in [1.82, 2.24) is 0 Å². The molecule has 4 aromatic rings. The van der Waals surface area contributed by atoms with Gasteiger partial charge >= 0.3 is 0 Å². The van der Waals surface area contributed by atoms with Gasteiger partial charge in [0.05, 0.1) is 0 Å². The van der Waals surface area contributed by atoms with Gasteiger partial charge in [-0.15, -0.1) is 0 Å². The van der Waals surface area contributed by atoms with Crippen molar-refractivity contribution in [2.45, 2.75) is 51.6 Å². The lowest BCUT2D eigenvalue weighted by atomic mass is 9.97. The van der Waals surface area contributed by atoms with Crippen LogP contribution in [0.4, 0.5) is 8.78 Å². The molecule has 0 N–H and O–H groups in total. The molecule has 0 spiro atoms. The summed E-state index contributed by atoms with van der Waals surface area (Å²) in [6, 6.07) is 26.9. The second-order valence-electron chi connectivity index (χ2n) is 11.6. The predicted molar refractivity (Wildman–Crippen MR) is 163 cm³/mol. The molecule has 0 amide bonds. The molecular weight excluding hydrogens is 498 g/mol. The Morgan fingerprint density at radius 2 is 0.923 bits per heavy atom. The molecule has 0 saturated heterocycles. The first-order valence-electron chi connectivity index (χ1n) is 14.0. The molecule has 3 heteroatoms. The third-order valence-corrected chi connectivity index (χ3v) is 15.4. The van der Waals surface area contributed by atoms with Gasteiger partial charge in [0, 0.05) is 0 Å². The third kappa shape index (κ3) is 4.24. The minimum atomic E-state index is -2.14. The molecule has 6 rings (SSSR count). The minimum absolute atomic E-state index is 0.207. The lowest BCUT2D eigenvalue weighted by molar-refractivity contribution is 0.627. The first-order valence-corrected chi connectivity index (χ1v) is 16.1. The molecule has 2 aliphatic carbocycles. The third-order valence-electron chi connectivity index (χ3n) is 8.99. The van der Waals surface area contributed by atoms with Gasteiger partial charge in [-0.25, -0.2) is 8.78 Å². The summed E-state index contributed by atoms with van der Waals surface area (Å²) in [5.74, 6) is -0.414. The van der Waals surface area contributed by atoms with Crippen LogP contribution in [0.25, 0.3) is 34.4 Å². The van der Waals surface area contributed by atoms with E-state index in [0.29, 0.717) is 11.1 Å². The number of hydrogen-bond donors (Lipinski definition) is 0. The fourth-order valence-electron chi connectivity index (χ4n) is 7.39. The van der Waals surface area contributed by atoms with Crippen molar-refractivity contribution in [3.8, 4) is 22.3 Å². The molecule has 196 valence electrons. The van der Waals surface area contributed by atoms with Crippen molar-refractivity contribution >= 4 is 20.2 Å². The zero-order valence-electron chi connectivity index (χ0n) is 23.1. The molecule has 0 nitrogen and oxygen atoms in total. The highest BCUT2D eigenvalue weighted by Crippen LogP contribution is 2.52. The number of rotatable bonds is 6. The lowest BCUT2D eigenvalue weighted by Gasteiger charge is -2.42. The highest BCUT2D eigenvalue weighted by Gasteiger charge is 2.48. The fraction of sp³-hybridized carbons (Fsp3) is 0.222. The molecule has 2 aliphatic rings. The average molecular weight is 533 g/mol. The molecule has 0 atom stereocenters. The second kappa shape index (κ2) is 9.88. The monoisotopic (exact) mass is 532 g/mol. The van der Waals surface area contributed by atoms with E-state index >= 15 is 0 Å². The highest BCUT2D eigenvalue weighted by atomic mass is 28.3. The molecule has 0 bridgehead atoms. The summed E-state index contributed by atoms with van der Waals surface area (Å²) in [6.07, 6.45) is 6.94. The first kappa shape index (κ1) is 25.7. The van der Waals surface area contributed by atoms with Crippen LogP contribution < -0.4 is 0 Å². The summed E-state index contributed by atoms with van der Waals surface area (Å²) >= 11 is 0. The molecule has 0 heterocycles. The van der Waals surface area contributed by atoms with Crippen molar-refractivity contribution in [2.24, 2.45) is 0 Å². The maximum absolute atomic E-state index is 13.7. The molecule has 4 aromatic carbocycles. The van der Waals surface area contributed by atoms with E-state index in [-0.39, 0.29) is 11.6 Å². The summed E-state index contributed by atoms with van der Waals surface area (Å²) < 4.78 is 27.4. The Bertz CT molecular complexity index is 1480. The van der Waals surface area contributed by atoms with Crippen molar-refractivity contribution < 1.29 is 8.78 Å². The number of hydrogen-bond acceptors (Lipinski definition) is 0. The zero-order chi connectivity index (χ0) is 27.3. The average Bonchev–Trinajstić information content (AvgIpc) is 3.54. The summed E-state index contributed by atoms with van der Waals surface area (Å²) in [7, 11) is -2.14. The van der Waals surface area contributed by atoms with Gasteiger partial charge < -0.3 is 0 Å². The van der Waals surface area contributed by atoms with Crippen LogP contribution in [0.1, 0.15) is 49.9 Å². The maximum Gasteiger partial charge on any atom is 0.123 e. The summed E-state index contributed by atoms with van der Waals surface area (Å²) in [5, 5.41) is 3.19. The number of benzene rings is 4. The largest absolute Gasteiger partial charge is 0.207 e. The minimum Gasteiger partial charge on any atom is -0.207 e. The van der Waals surface area contributed by atoms with E-state index < -0.39 is 8.07 Å². The van der Waals surface area contributed by atoms with Crippen molar-refractivity contribution in [3.63, 3.8) is 0 Å². The van der Waals surface area contributed by atoms with Crippen molar-refractivity contribution in [3.05, 3.63) is 129 Å². The standard InChI is InChI=1S/C36H34F2Si/c1-23(2)39(24(3)4,31-19-27-7-5-9-33(35(27)21-31)25-11-15-29(37)16-12-25)32-20-28-8-6-10-34(36(28)22-32)26-13-17-30(38)18-14-26/h5-18,21-24H,19-20H2,1-4H3. The van der Waals surface area contributed by atoms with E-state index in [0.717, 1.165) is 24.0 Å². The molecule has 0 unspecified atom stereocenters. The van der Waals surface area contributed by atoms with Crippen LogP contribution in [0.15, 0.2) is 95.3 Å². The fourth-order valence-corrected chi connectivity index (χ4v) is 13.8. The van der Waals surface area contributed by atoms with Crippen LogP contribution in [-0.2, 0) is 12.8 Å². The van der Waals surface area contributed by atoms with Gasteiger partial charge in [0.25, 0.3) is 0 Å². The number of allylic oxidation sites excluding steroid dienone is 2. The van der Waals surface area contributed by atoms with Gasteiger partial charge in [-0.3, -0.25) is 0 Å². The Morgan fingerprint density at radius 1 is 0.538 bits per heavy atom. The summed E-state index contributed by atoms with van der Waals surface area (Å²) in [4.78, 5) is 0. The molecule has 0 radical (unpaired) electrons. The Kier molecular flexibility index (Phi) is 6.51. The Morgan fingerprint density at radius 3 is 1.28 bits per heavy atom. The molecular formula is C36H34F2Si. The van der Waals surface area contributed by atoms with E-state index in [4.69, 9.17) is 0 Å².